The van der Waals surface area contributed by atoms with Crippen molar-refractivity contribution in [2.75, 3.05) is 33.7 Å². The fourth-order valence-corrected chi connectivity index (χ4v) is 3.72. The van der Waals surface area contributed by atoms with E-state index >= 15 is 0 Å². The predicted octanol–water partition coefficient (Wildman–Crippen LogP) is 4.47. The lowest BCUT2D eigenvalue weighted by molar-refractivity contribution is 0.165. The second-order valence-electron chi connectivity index (χ2n) is 6.94. The second kappa shape index (κ2) is 10.4. The molecule has 4 rings (SSSR count). The number of thioether (sulfide) groups is 1. The van der Waals surface area contributed by atoms with E-state index in [9.17, 15) is 4.79 Å². The summed E-state index contributed by atoms with van der Waals surface area (Å²) in [5.41, 5.74) is 2.48. The molecule has 0 spiro atoms. The van der Waals surface area contributed by atoms with Gasteiger partial charge in [0.2, 0.25) is 17.5 Å². The lowest BCUT2D eigenvalue weighted by atomic mass is 10.1. The minimum absolute atomic E-state index is 0.364. The molecule has 0 bridgehead atoms. The van der Waals surface area contributed by atoms with Gasteiger partial charge in [-0.2, -0.15) is 9.98 Å². The highest BCUT2D eigenvalue weighted by atomic mass is 32.2. The molecule has 1 aliphatic heterocycles. The Morgan fingerprint density at radius 3 is 2.53 bits per heavy atom. The molecule has 0 aliphatic carbocycles. The molecule has 10 nitrogen and oxygen atoms in total. The minimum atomic E-state index is -0.732. The number of fused-ring (bicyclic) bond motifs is 1. The Bertz CT molecular complexity index is 1240. The smallest absolute Gasteiger partial charge is 0.434 e. The Balaban J connectivity index is 1.81. The van der Waals surface area contributed by atoms with Crippen LogP contribution in [0.25, 0.3) is 11.4 Å². The molecule has 1 aromatic heterocycles. The van der Waals surface area contributed by atoms with E-state index in [4.69, 9.17) is 28.5 Å². The monoisotopic (exact) mass is 482 g/mol. The molecule has 1 amide bonds. The highest BCUT2D eigenvalue weighted by Crippen LogP contribution is 2.41. The van der Waals surface area contributed by atoms with Crippen molar-refractivity contribution in [1.82, 2.24) is 10.1 Å². The van der Waals surface area contributed by atoms with Crippen LogP contribution in [0.3, 0.4) is 0 Å². The highest BCUT2D eigenvalue weighted by Gasteiger charge is 2.23. The molecule has 34 heavy (non-hydrogen) atoms. The van der Waals surface area contributed by atoms with Crippen molar-refractivity contribution in [3.8, 4) is 28.6 Å². The van der Waals surface area contributed by atoms with Crippen LogP contribution in [0.2, 0.25) is 0 Å². The Morgan fingerprint density at radius 2 is 1.88 bits per heavy atom. The molecule has 2 heterocycles. The van der Waals surface area contributed by atoms with Crippen LogP contribution < -0.4 is 14.2 Å². The molecule has 0 saturated carbocycles. The number of carbonyl (C=O) groups excluding carboxylic acids is 1. The van der Waals surface area contributed by atoms with Crippen LogP contribution in [0, 0.1) is 6.92 Å². The summed E-state index contributed by atoms with van der Waals surface area (Å²) >= 11 is 1.26. The van der Waals surface area contributed by atoms with Crippen molar-refractivity contribution < 1.29 is 28.3 Å². The van der Waals surface area contributed by atoms with Crippen LogP contribution in [-0.4, -0.2) is 60.7 Å². The number of aliphatic imine (C=N–C) groups is 2. The van der Waals surface area contributed by atoms with Gasteiger partial charge in [0.25, 0.3) is 0 Å². The average molecular weight is 483 g/mol. The molecule has 0 radical (unpaired) electrons. The van der Waals surface area contributed by atoms with Gasteiger partial charge in [-0.05, 0) is 42.7 Å². The Labute approximate surface area is 200 Å². The van der Waals surface area contributed by atoms with E-state index < -0.39 is 6.09 Å². The summed E-state index contributed by atoms with van der Waals surface area (Å²) in [6.07, 6.45) is 1.07. The molecule has 11 heteroatoms. The first-order chi connectivity index (χ1) is 16.5. The zero-order valence-corrected chi connectivity index (χ0v) is 19.8. The van der Waals surface area contributed by atoms with E-state index in [0.717, 1.165) is 5.56 Å². The van der Waals surface area contributed by atoms with Crippen molar-refractivity contribution >= 4 is 34.3 Å². The van der Waals surface area contributed by atoms with Crippen molar-refractivity contribution in [2.45, 2.75) is 6.92 Å². The summed E-state index contributed by atoms with van der Waals surface area (Å²) < 4.78 is 26.8. The fraction of sp³-hybridized carbons (Fsp3) is 0.261. The van der Waals surface area contributed by atoms with Crippen molar-refractivity contribution in [3.63, 3.8) is 0 Å². The Morgan fingerprint density at radius 1 is 1.12 bits per heavy atom. The van der Waals surface area contributed by atoms with Gasteiger partial charge in [0.1, 0.15) is 24.0 Å². The van der Waals surface area contributed by atoms with Crippen LogP contribution in [0.5, 0.6) is 17.2 Å². The molecule has 176 valence electrons. The number of aryl methyl sites for hydroxylation is 1. The highest BCUT2D eigenvalue weighted by molar-refractivity contribution is 8.15. The first-order valence-corrected chi connectivity index (χ1v) is 11.4. The van der Waals surface area contributed by atoms with Crippen LogP contribution in [0.1, 0.15) is 11.5 Å². The summed E-state index contributed by atoms with van der Waals surface area (Å²) in [4.78, 5) is 25.1. The molecule has 3 aromatic rings. The van der Waals surface area contributed by atoms with Crippen LogP contribution in [0.4, 0.5) is 10.5 Å². The van der Waals surface area contributed by atoms with Gasteiger partial charge in [-0.25, -0.2) is 9.79 Å². The molecular formula is C23H22N4O6S. The zero-order valence-electron chi connectivity index (χ0n) is 19.0. The zero-order chi connectivity index (χ0) is 24.1. The molecule has 0 atom stereocenters. The number of rotatable bonds is 5. The van der Waals surface area contributed by atoms with Gasteiger partial charge in [-0.1, -0.05) is 5.16 Å². The molecule has 0 saturated heterocycles. The standard InChI is InChI=1S/C23H22N4O6S/c1-13-24-21(27-33-13)14-5-7-16(8-6-14)25-19(22(34-4)26-23(28)30-3)15-11-17(29-2)20-18(12-15)31-9-10-32-20/h5-8,11-12H,9-10H2,1-4H3. The maximum atomic E-state index is 12.0. The second-order valence-corrected chi connectivity index (χ2v) is 7.73. The quantitative estimate of drug-likeness (QED) is 0.383. The van der Waals surface area contributed by atoms with E-state index in [2.05, 4.69) is 15.1 Å². The molecule has 0 N–H and O–H groups in total. The van der Waals surface area contributed by atoms with Gasteiger partial charge in [-0.15, -0.1) is 11.8 Å². The van der Waals surface area contributed by atoms with Gasteiger partial charge >= 0.3 is 6.09 Å². The fourth-order valence-electron chi connectivity index (χ4n) is 3.20. The summed E-state index contributed by atoms with van der Waals surface area (Å²) in [6, 6.07) is 10.8. The minimum Gasteiger partial charge on any atom is -0.493 e. The van der Waals surface area contributed by atoms with E-state index in [-0.39, 0.29) is 0 Å². The number of carbonyl (C=O) groups is 1. The molecule has 2 aromatic carbocycles. The maximum absolute atomic E-state index is 12.0. The summed E-state index contributed by atoms with van der Waals surface area (Å²) in [6.45, 7) is 2.57. The van der Waals surface area contributed by atoms with Gasteiger partial charge in [0.05, 0.1) is 19.9 Å². The van der Waals surface area contributed by atoms with Gasteiger partial charge in [0.15, 0.2) is 11.5 Å². The molecular weight excluding hydrogens is 460 g/mol. The van der Waals surface area contributed by atoms with Crippen molar-refractivity contribution in [2.24, 2.45) is 9.98 Å². The first-order valence-electron chi connectivity index (χ1n) is 10.2. The van der Waals surface area contributed by atoms with E-state index in [0.29, 0.717) is 64.2 Å². The van der Waals surface area contributed by atoms with Gasteiger partial charge in [-0.3, -0.25) is 0 Å². The van der Waals surface area contributed by atoms with Crippen LogP contribution in [0.15, 0.2) is 50.9 Å². The topological polar surface area (TPSA) is 118 Å². The third kappa shape index (κ3) is 5.04. The molecule has 0 unspecified atom stereocenters. The van der Waals surface area contributed by atoms with E-state index in [1.54, 1.807) is 32.4 Å². The summed E-state index contributed by atoms with van der Waals surface area (Å²) in [7, 11) is 2.82. The molecule has 0 fully saturated rings. The summed E-state index contributed by atoms with van der Waals surface area (Å²) in [5.74, 6) is 2.50. The Hall–Kier alpha value is -3.86. The van der Waals surface area contributed by atoms with E-state index in [1.165, 1.54) is 18.9 Å². The van der Waals surface area contributed by atoms with Crippen molar-refractivity contribution in [1.29, 1.82) is 0 Å². The summed E-state index contributed by atoms with van der Waals surface area (Å²) in [5, 5.41) is 4.30. The number of methoxy groups -OCH3 is 2. The van der Waals surface area contributed by atoms with Crippen molar-refractivity contribution in [3.05, 3.63) is 47.9 Å². The third-order valence-corrected chi connectivity index (χ3v) is 5.43. The van der Waals surface area contributed by atoms with Crippen LogP contribution in [-0.2, 0) is 4.74 Å². The number of amides is 1. The lowest BCUT2D eigenvalue weighted by Crippen LogP contribution is -2.18. The molecule has 1 aliphatic rings. The number of ether oxygens (including phenoxy) is 4. The lowest BCUT2D eigenvalue weighted by Gasteiger charge is -2.22. The first kappa shape index (κ1) is 23.3. The number of nitrogens with zero attached hydrogens (tertiary/aromatic N) is 4. The number of hydrogen-bond acceptors (Lipinski definition) is 10. The normalized spacial score (nSPS) is 13.5. The van der Waals surface area contributed by atoms with Gasteiger partial charge < -0.3 is 23.5 Å². The third-order valence-electron chi connectivity index (χ3n) is 4.76. The Kier molecular flexibility index (Phi) is 7.12. The largest absolute Gasteiger partial charge is 0.493 e. The predicted molar refractivity (Wildman–Crippen MR) is 128 cm³/mol. The number of aromatic nitrogens is 2. The maximum Gasteiger partial charge on any atom is 0.434 e. The van der Waals surface area contributed by atoms with Crippen LogP contribution >= 0.6 is 11.8 Å². The number of hydrogen-bond donors (Lipinski definition) is 0. The SMILES string of the molecule is COC(=O)N=C(SC)C(=Nc1ccc(-c2noc(C)n2)cc1)c1cc(OC)c2c(c1)OCCO2. The van der Waals surface area contributed by atoms with E-state index in [1.807, 2.05) is 24.3 Å². The number of benzene rings is 2. The average Bonchev–Trinajstić information content (AvgIpc) is 3.31. The van der Waals surface area contributed by atoms with Gasteiger partial charge in [0, 0.05) is 18.1 Å².